The highest BCUT2D eigenvalue weighted by Crippen LogP contribution is 2.26. The fourth-order valence-corrected chi connectivity index (χ4v) is 1.73. The van der Waals surface area contributed by atoms with E-state index >= 15 is 0 Å². The molecule has 0 saturated carbocycles. The van der Waals surface area contributed by atoms with Crippen LogP contribution < -0.4 is 5.73 Å². The predicted molar refractivity (Wildman–Crippen MR) is 65.5 cm³/mol. The number of aromatic carboxylic acids is 2. The Morgan fingerprint density at radius 2 is 1.74 bits per heavy atom. The summed E-state index contributed by atoms with van der Waals surface area (Å²) < 4.78 is 4.72. The molecule has 0 aromatic heterocycles. The zero-order valence-electron chi connectivity index (χ0n) is 10.4. The van der Waals surface area contributed by atoms with E-state index in [2.05, 4.69) is 0 Å². The zero-order chi connectivity index (χ0) is 14.7. The third kappa shape index (κ3) is 2.65. The highest BCUT2D eigenvalue weighted by atomic mass is 16.5. The van der Waals surface area contributed by atoms with E-state index < -0.39 is 29.2 Å². The van der Waals surface area contributed by atoms with Crippen LogP contribution in [-0.4, -0.2) is 34.7 Å². The molecule has 0 spiro atoms. The second-order valence-corrected chi connectivity index (χ2v) is 3.74. The fraction of sp³-hybridized carbons (Fsp3) is 0.250. The number of carboxylic acids is 2. The number of carbonyl (C=O) groups is 3. The van der Waals surface area contributed by atoms with Crippen molar-refractivity contribution in [1.82, 2.24) is 0 Å². The standard InChI is InChI=1S/C12H13NO6/c1-3-19-12(18)6-4-5(2)7(10(14)15)9(13)8(6)11(16)17/h4H,3,13H2,1-2H3,(H,14,15)(H,16,17). The zero-order valence-corrected chi connectivity index (χ0v) is 10.4. The molecular weight excluding hydrogens is 254 g/mol. The number of anilines is 1. The normalized spacial score (nSPS) is 10.0. The van der Waals surface area contributed by atoms with Crippen molar-refractivity contribution >= 4 is 23.6 Å². The van der Waals surface area contributed by atoms with E-state index in [4.69, 9.17) is 20.7 Å². The molecule has 0 radical (unpaired) electrons. The molecule has 4 N–H and O–H groups in total. The Labute approximate surface area is 108 Å². The largest absolute Gasteiger partial charge is 0.478 e. The summed E-state index contributed by atoms with van der Waals surface area (Å²) in [6.45, 7) is 3.06. The van der Waals surface area contributed by atoms with Crippen LogP contribution in [-0.2, 0) is 4.74 Å². The maximum absolute atomic E-state index is 11.7. The molecule has 19 heavy (non-hydrogen) atoms. The minimum atomic E-state index is -1.48. The Hall–Kier alpha value is -2.57. The van der Waals surface area contributed by atoms with E-state index in [0.717, 1.165) is 6.07 Å². The van der Waals surface area contributed by atoms with Gasteiger partial charge in [0.25, 0.3) is 0 Å². The number of carboxylic acid groups (broad SMARTS) is 2. The van der Waals surface area contributed by atoms with Gasteiger partial charge in [-0.3, -0.25) is 0 Å². The summed E-state index contributed by atoms with van der Waals surface area (Å²) in [5, 5.41) is 18.1. The van der Waals surface area contributed by atoms with Crippen molar-refractivity contribution in [2.75, 3.05) is 12.3 Å². The van der Waals surface area contributed by atoms with Crippen LogP contribution in [0, 0.1) is 6.92 Å². The molecule has 7 nitrogen and oxygen atoms in total. The molecule has 1 aromatic rings. The van der Waals surface area contributed by atoms with Gasteiger partial charge in [0.2, 0.25) is 0 Å². The number of nitrogens with two attached hydrogens (primary N) is 1. The average Bonchev–Trinajstić information content (AvgIpc) is 2.27. The van der Waals surface area contributed by atoms with Gasteiger partial charge in [-0.15, -0.1) is 0 Å². The summed E-state index contributed by atoms with van der Waals surface area (Å²) in [6.07, 6.45) is 0. The first-order chi connectivity index (χ1) is 8.81. The quantitative estimate of drug-likeness (QED) is 0.551. The third-order valence-corrected chi connectivity index (χ3v) is 2.49. The van der Waals surface area contributed by atoms with Gasteiger partial charge in [0.05, 0.1) is 29.0 Å². The summed E-state index contributed by atoms with van der Waals surface area (Å²) in [5.74, 6) is -3.69. The minimum absolute atomic E-state index is 0.0670. The average molecular weight is 267 g/mol. The van der Waals surface area contributed by atoms with Crippen LogP contribution in [0.25, 0.3) is 0 Å². The SMILES string of the molecule is CCOC(=O)c1cc(C)c(C(=O)O)c(N)c1C(=O)O. The van der Waals surface area contributed by atoms with Crippen molar-refractivity contribution in [2.45, 2.75) is 13.8 Å². The summed E-state index contributed by atoms with van der Waals surface area (Å²) in [7, 11) is 0. The molecule has 0 saturated heterocycles. The number of hydrogen-bond acceptors (Lipinski definition) is 5. The molecule has 0 fully saturated rings. The first kappa shape index (κ1) is 14.5. The van der Waals surface area contributed by atoms with Gasteiger partial charge in [0.1, 0.15) is 0 Å². The molecule has 1 aromatic carbocycles. The molecule has 0 aliphatic rings. The second-order valence-electron chi connectivity index (χ2n) is 3.74. The molecule has 1 rings (SSSR count). The monoisotopic (exact) mass is 267 g/mol. The Morgan fingerprint density at radius 1 is 1.21 bits per heavy atom. The van der Waals surface area contributed by atoms with Crippen LogP contribution in [0.15, 0.2) is 6.07 Å². The van der Waals surface area contributed by atoms with Crippen molar-refractivity contribution in [1.29, 1.82) is 0 Å². The lowest BCUT2D eigenvalue weighted by atomic mass is 9.96. The van der Waals surface area contributed by atoms with Crippen LogP contribution in [0.3, 0.4) is 0 Å². The number of rotatable bonds is 4. The van der Waals surface area contributed by atoms with Crippen molar-refractivity contribution in [3.05, 3.63) is 28.3 Å². The highest BCUT2D eigenvalue weighted by molar-refractivity contribution is 6.10. The maximum Gasteiger partial charge on any atom is 0.339 e. The van der Waals surface area contributed by atoms with Gasteiger partial charge >= 0.3 is 17.9 Å². The number of aryl methyl sites for hydroxylation is 1. The number of hydrogen-bond donors (Lipinski definition) is 3. The van der Waals surface area contributed by atoms with Gasteiger partial charge in [-0.25, -0.2) is 14.4 Å². The van der Waals surface area contributed by atoms with Crippen molar-refractivity contribution < 1.29 is 29.3 Å². The topological polar surface area (TPSA) is 127 Å². The lowest BCUT2D eigenvalue weighted by Crippen LogP contribution is -2.18. The molecule has 7 heteroatoms. The summed E-state index contributed by atoms with van der Waals surface area (Å²) in [6, 6.07) is 1.15. The molecule has 0 bridgehead atoms. The lowest BCUT2D eigenvalue weighted by molar-refractivity contribution is 0.0513. The highest BCUT2D eigenvalue weighted by Gasteiger charge is 2.26. The molecule has 0 atom stereocenters. The van der Waals surface area contributed by atoms with Gasteiger partial charge in [0, 0.05) is 0 Å². The lowest BCUT2D eigenvalue weighted by Gasteiger charge is -2.13. The van der Waals surface area contributed by atoms with Crippen LogP contribution in [0.5, 0.6) is 0 Å². The van der Waals surface area contributed by atoms with E-state index in [1.54, 1.807) is 6.92 Å². The van der Waals surface area contributed by atoms with E-state index in [0.29, 0.717) is 0 Å². The van der Waals surface area contributed by atoms with Gasteiger partial charge in [-0.1, -0.05) is 0 Å². The van der Waals surface area contributed by atoms with Crippen LogP contribution in [0.4, 0.5) is 5.69 Å². The minimum Gasteiger partial charge on any atom is -0.478 e. The number of esters is 1. The summed E-state index contributed by atoms with van der Waals surface area (Å²) in [4.78, 5) is 33.9. The summed E-state index contributed by atoms with van der Waals surface area (Å²) in [5.41, 5.74) is 4.15. The Bertz CT molecular complexity index is 564. The number of benzene rings is 1. The molecule has 102 valence electrons. The first-order valence-electron chi connectivity index (χ1n) is 5.38. The molecule has 0 heterocycles. The van der Waals surface area contributed by atoms with Crippen LogP contribution in [0.2, 0.25) is 0 Å². The van der Waals surface area contributed by atoms with Crippen LogP contribution >= 0.6 is 0 Å². The second kappa shape index (κ2) is 5.38. The van der Waals surface area contributed by atoms with E-state index in [1.165, 1.54) is 6.92 Å². The van der Waals surface area contributed by atoms with Gasteiger partial charge in [-0.2, -0.15) is 0 Å². The van der Waals surface area contributed by atoms with Gasteiger partial charge in [-0.05, 0) is 25.5 Å². The Kier molecular flexibility index (Phi) is 4.11. The fourth-order valence-electron chi connectivity index (χ4n) is 1.73. The third-order valence-electron chi connectivity index (χ3n) is 2.49. The number of ether oxygens (including phenoxy) is 1. The molecular formula is C12H13NO6. The van der Waals surface area contributed by atoms with E-state index in [1.807, 2.05) is 0 Å². The van der Waals surface area contributed by atoms with Crippen LogP contribution in [0.1, 0.15) is 43.6 Å². The number of carbonyl (C=O) groups excluding carboxylic acids is 1. The smallest absolute Gasteiger partial charge is 0.339 e. The predicted octanol–water partition coefficient (Wildman–Crippen LogP) is 1.15. The first-order valence-corrected chi connectivity index (χ1v) is 5.38. The number of nitrogen functional groups attached to an aromatic ring is 1. The summed E-state index contributed by atoms with van der Waals surface area (Å²) >= 11 is 0. The van der Waals surface area contributed by atoms with E-state index in [-0.39, 0.29) is 23.3 Å². The van der Waals surface area contributed by atoms with Crippen molar-refractivity contribution in [2.24, 2.45) is 0 Å². The van der Waals surface area contributed by atoms with Crippen molar-refractivity contribution in [3.63, 3.8) is 0 Å². The van der Waals surface area contributed by atoms with E-state index in [9.17, 15) is 14.4 Å². The Balaban J connectivity index is 3.62. The Morgan fingerprint density at radius 3 is 2.16 bits per heavy atom. The molecule has 0 aliphatic heterocycles. The van der Waals surface area contributed by atoms with Crippen molar-refractivity contribution in [3.8, 4) is 0 Å². The van der Waals surface area contributed by atoms with Gasteiger partial charge in [0.15, 0.2) is 0 Å². The maximum atomic E-state index is 11.7. The molecule has 0 unspecified atom stereocenters. The molecule has 0 aliphatic carbocycles. The van der Waals surface area contributed by atoms with Gasteiger partial charge < -0.3 is 20.7 Å². The molecule has 0 amide bonds.